The summed E-state index contributed by atoms with van der Waals surface area (Å²) in [6, 6.07) is 5.11. The molecule has 17 N–H and O–H groups in total. The minimum Gasteiger partial charge on any atom is -0.394 e. The zero-order valence-electron chi connectivity index (χ0n) is 40.0. The van der Waals surface area contributed by atoms with Gasteiger partial charge in [0, 0.05) is 0 Å². The summed E-state index contributed by atoms with van der Waals surface area (Å²) in [5.41, 5.74) is 0.626. The number of rotatable bonds is 9. The van der Waals surface area contributed by atoms with Crippen LogP contribution in [0.4, 0.5) is 0 Å². The number of aliphatic hydroxyl groups is 17. The van der Waals surface area contributed by atoms with Gasteiger partial charge in [-0.25, -0.2) is 0 Å². The minimum atomic E-state index is -4.96. The molecule has 76 heavy (non-hydrogen) atoms. The molecule has 0 spiro atoms. The molecule has 0 saturated carbocycles. The molecular formula is C43H66O32S. The molecule has 33 heteroatoms. The van der Waals surface area contributed by atoms with Crippen LogP contribution >= 0.6 is 0 Å². The van der Waals surface area contributed by atoms with Crippen LogP contribution in [-0.2, 0) is 71.1 Å². The predicted octanol–water partition coefficient (Wildman–Crippen LogP) is -11.3. The SMILES string of the molecule is Cc1ccc(S(=O)(=O)O[C@H]2[C@H]3O[C@H]4[C@H](O)C(O)[C@@H](O[C@H]5[C@H](O)[C@@H](O)[C@@H](O[C@H]6[C@H](O)C(O)[C@@H](O[C@H]7[C@H](O)[C@@H](O)[C@@H](O[C@H]8[C@H](O)[C@@H](O)[C@@H](O[C@@H]([C@@H]2O)[C@@H](CO)O3)O[C@@H]8CO)O[C@@H]7CO)O[C@@H]6CO)O[C@@H]5CO)O[C@@H]4CO)cc1. The fraction of sp³-hybridized carbons (Fsp3) is 0.860. The van der Waals surface area contributed by atoms with Crippen LogP contribution in [0.2, 0.25) is 0 Å². The second kappa shape index (κ2) is 25.0. The highest BCUT2D eigenvalue weighted by molar-refractivity contribution is 7.86. The molecule has 1 aromatic carbocycles. The van der Waals surface area contributed by atoms with Crippen LogP contribution in [0.3, 0.4) is 0 Å². The molecule has 16 fully saturated rings. The van der Waals surface area contributed by atoms with Gasteiger partial charge in [-0.3, -0.25) is 4.18 Å². The van der Waals surface area contributed by atoms with Crippen LogP contribution in [-0.4, -0.2) is 319 Å². The Morgan fingerprint density at radius 3 is 0.816 bits per heavy atom. The van der Waals surface area contributed by atoms with E-state index in [1.54, 1.807) is 6.92 Å². The molecular weight excluding hydrogens is 1060 g/mol. The van der Waals surface area contributed by atoms with Gasteiger partial charge in [0.2, 0.25) is 0 Å². The predicted molar refractivity (Wildman–Crippen MR) is 233 cm³/mol. The lowest BCUT2D eigenvalue weighted by Gasteiger charge is -2.51. The molecule has 1 aromatic rings. The van der Waals surface area contributed by atoms with Gasteiger partial charge in [0.15, 0.2) is 43.8 Å². The maximum absolute atomic E-state index is 13.9. The Morgan fingerprint density at radius 2 is 0.566 bits per heavy atom. The molecule has 16 heterocycles. The largest absolute Gasteiger partial charge is 0.394 e. The third-order valence-corrected chi connectivity index (χ3v) is 15.5. The lowest BCUT2D eigenvalue weighted by Crippen LogP contribution is -2.69. The van der Waals surface area contributed by atoms with Crippen LogP contribution < -0.4 is 0 Å². The molecule has 436 valence electrons. The molecule has 12 bridgehead atoms. The van der Waals surface area contributed by atoms with Crippen molar-refractivity contribution in [3.8, 4) is 0 Å². The fourth-order valence-corrected chi connectivity index (χ4v) is 11.0. The van der Waals surface area contributed by atoms with E-state index in [0.29, 0.717) is 5.56 Å². The Morgan fingerprint density at radius 1 is 0.342 bits per heavy atom. The highest BCUT2D eigenvalue weighted by Gasteiger charge is 2.59. The summed E-state index contributed by atoms with van der Waals surface area (Å²) in [5, 5.41) is 188. The zero-order valence-corrected chi connectivity index (χ0v) is 40.8. The van der Waals surface area contributed by atoms with Crippen molar-refractivity contribution in [2.24, 2.45) is 0 Å². The average molecular weight is 1130 g/mol. The number of hydrogen-bond acceptors (Lipinski definition) is 32. The van der Waals surface area contributed by atoms with E-state index in [9.17, 15) is 95.2 Å². The van der Waals surface area contributed by atoms with Gasteiger partial charge in [0.25, 0.3) is 10.1 Å². The van der Waals surface area contributed by atoms with Gasteiger partial charge in [-0.1, -0.05) is 17.7 Å². The topological polar surface area (TPSA) is 498 Å². The second-order valence-corrected chi connectivity index (χ2v) is 20.8. The summed E-state index contributed by atoms with van der Waals surface area (Å²) >= 11 is 0. The van der Waals surface area contributed by atoms with Gasteiger partial charge >= 0.3 is 0 Å². The van der Waals surface area contributed by atoms with Crippen LogP contribution in [0, 0.1) is 6.92 Å². The molecule has 16 aliphatic rings. The first-order chi connectivity index (χ1) is 36.1. The second-order valence-electron chi connectivity index (χ2n) is 19.2. The maximum atomic E-state index is 13.9. The fourth-order valence-electron chi connectivity index (χ4n) is 9.92. The van der Waals surface area contributed by atoms with Crippen molar-refractivity contribution in [2.75, 3.05) is 39.6 Å². The van der Waals surface area contributed by atoms with Gasteiger partial charge < -0.3 is 144 Å². The van der Waals surface area contributed by atoms with E-state index in [1.807, 2.05) is 0 Å². The highest BCUT2D eigenvalue weighted by atomic mass is 32.2. The summed E-state index contributed by atoms with van der Waals surface area (Å²) in [5.74, 6) is 0. The number of ether oxygens (including phenoxy) is 12. The van der Waals surface area contributed by atoms with Crippen molar-refractivity contribution in [1.29, 1.82) is 0 Å². The third-order valence-electron chi connectivity index (χ3n) is 14.2. The first-order valence-corrected chi connectivity index (χ1v) is 25.5. The maximum Gasteiger partial charge on any atom is 0.297 e. The monoisotopic (exact) mass is 1130 g/mol. The summed E-state index contributed by atoms with van der Waals surface area (Å²) in [7, 11) is -4.96. The summed E-state index contributed by atoms with van der Waals surface area (Å²) in [4.78, 5) is -0.470. The van der Waals surface area contributed by atoms with E-state index in [2.05, 4.69) is 0 Å². The van der Waals surface area contributed by atoms with Crippen LogP contribution in [0.5, 0.6) is 0 Å². The lowest BCUT2D eigenvalue weighted by molar-refractivity contribution is -0.403. The Kier molecular flexibility index (Phi) is 19.8. The molecule has 16 aliphatic heterocycles. The highest BCUT2D eigenvalue weighted by Crippen LogP contribution is 2.39. The van der Waals surface area contributed by atoms with Gasteiger partial charge in [-0.2, -0.15) is 8.42 Å². The van der Waals surface area contributed by atoms with Crippen molar-refractivity contribution in [3.05, 3.63) is 29.8 Å². The Labute approximate surface area is 431 Å². The Hall–Kier alpha value is -2.03. The quantitative estimate of drug-likeness (QED) is 0.102. The standard InChI is InChI=1S/C43H66O32S/c1-12-2-4-13(5-3-12)76(61,62)75-37-30(60)36-19(11-49)68-43(37)74-35-18(10-48)67-41(29(59)24(35)54)72-33-16(8-46)65-39(27(57)22(33)52)70-31-14(6-44)63-38(25(55)20(31)50)69-32-15(7-45)64-40(26(56)21(32)51)71-34-17(9-47)66-42(73-36)28(58)23(34)53/h2-5,14-60H,6-11H2,1H3/t14-,15-,16-,17-,18-,19-,20-,21-,22-,23-,24-,25?,26-,27-,28-,29?,30+,31-,32-,33-,34-,35-,36-,37-,38-,39-,40-,41-,42-,43-/m1/s1. The van der Waals surface area contributed by atoms with Gasteiger partial charge in [-0.15, -0.1) is 0 Å². The molecule has 30 atom stereocenters. The van der Waals surface area contributed by atoms with E-state index in [1.165, 1.54) is 12.1 Å². The molecule has 0 amide bonds. The number of hydrogen-bond donors (Lipinski definition) is 17. The molecule has 0 aliphatic carbocycles. The van der Waals surface area contributed by atoms with Crippen molar-refractivity contribution in [3.63, 3.8) is 0 Å². The first-order valence-electron chi connectivity index (χ1n) is 24.1. The zero-order chi connectivity index (χ0) is 55.2. The van der Waals surface area contributed by atoms with E-state index in [-0.39, 0.29) is 0 Å². The molecule has 17 rings (SSSR count). The third kappa shape index (κ3) is 11.8. The normalized spacial score (nSPS) is 49.8. The molecule has 2 unspecified atom stereocenters. The summed E-state index contributed by atoms with van der Waals surface area (Å²) in [6.45, 7) is -4.74. The van der Waals surface area contributed by atoms with Crippen molar-refractivity contribution in [1.82, 2.24) is 0 Å². The van der Waals surface area contributed by atoms with Gasteiger partial charge in [-0.05, 0) is 19.1 Å². The molecule has 0 aromatic heterocycles. The van der Waals surface area contributed by atoms with Crippen LogP contribution in [0.1, 0.15) is 5.56 Å². The van der Waals surface area contributed by atoms with Crippen molar-refractivity contribution in [2.45, 2.75) is 196 Å². The van der Waals surface area contributed by atoms with Gasteiger partial charge in [0.1, 0.15) is 140 Å². The van der Waals surface area contributed by atoms with E-state index in [0.717, 1.165) is 12.1 Å². The van der Waals surface area contributed by atoms with E-state index in [4.69, 9.17) is 61.0 Å². The first kappa shape index (κ1) is 60.1. The van der Waals surface area contributed by atoms with Crippen LogP contribution in [0.15, 0.2) is 29.2 Å². The summed E-state index contributed by atoms with van der Waals surface area (Å²) in [6.07, 6.45) is -61.4. The van der Waals surface area contributed by atoms with E-state index >= 15 is 0 Å². The van der Waals surface area contributed by atoms with E-state index < -0.39 is 239 Å². The average Bonchev–Trinajstić information content (AvgIpc) is 3.40. The summed E-state index contributed by atoms with van der Waals surface area (Å²) < 4.78 is 102. The number of aliphatic hydroxyl groups excluding tert-OH is 17. The molecule has 16 saturated heterocycles. The smallest absolute Gasteiger partial charge is 0.297 e. The molecule has 32 nitrogen and oxygen atoms in total. The minimum absolute atomic E-state index is 0.470. The lowest BCUT2D eigenvalue weighted by atomic mass is 9.94. The number of aryl methyl sites for hydroxylation is 1. The number of benzene rings is 1. The van der Waals surface area contributed by atoms with Crippen molar-refractivity contribution >= 4 is 10.1 Å². The van der Waals surface area contributed by atoms with Crippen molar-refractivity contribution < 1.29 is 156 Å². The van der Waals surface area contributed by atoms with Crippen LogP contribution in [0.25, 0.3) is 0 Å². The Bertz CT molecular complexity index is 2110. The van der Waals surface area contributed by atoms with Gasteiger partial charge in [0.05, 0.1) is 44.5 Å². The Balaban J connectivity index is 1.14. The molecule has 0 radical (unpaired) electrons.